The van der Waals surface area contributed by atoms with Crippen molar-refractivity contribution in [1.29, 1.82) is 0 Å². The molecule has 0 N–H and O–H groups in total. The third kappa shape index (κ3) is 4.08. The Bertz CT molecular complexity index is 729. The van der Waals surface area contributed by atoms with Gasteiger partial charge < -0.3 is 4.74 Å². The molecule has 0 radical (unpaired) electrons. The van der Waals surface area contributed by atoms with E-state index in [1.165, 1.54) is 6.07 Å². The van der Waals surface area contributed by atoms with Gasteiger partial charge in [-0.05, 0) is 43.0 Å². The van der Waals surface area contributed by atoms with Crippen molar-refractivity contribution in [2.45, 2.75) is 31.6 Å². The van der Waals surface area contributed by atoms with Crippen molar-refractivity contribution in [3.05, 3.63) is 30.5 Å². The zero-order valence-electron chi connectivity index (χ0n) is 12.0. The van der Waals surface area contributed by atoms with Crippen molar-refractivity contribution in [3.8, 4) is 5.75 Å². The Hall–Kier alpha value is -1.33. The zero-order chi connectivity index (χ0) is 15.5. The third-order valence-electron chi connectivity index (χ3n) is 3.14. The van der Waals surface area contributed by atoms with Gasteiger partial charge in [-0.15, -0.1) is 0 Å². The van der Waals surface area contributed by atoms with Crippen LogP contribution in [0.15, 0.2) is 35.4 Å². The Kier molecular flexibility index (Phi) is 5.06. The molecule has 4 nitrogen and oxygen atoms in total. The second kappa shape index (κ2) is 6.62. The summed E-state index contributed by atoms with van der Waals surface area (Å²) in [6.45, 7) is 4.91. The van der Waals surface area contributed by atoms with Crippen molar-refractivity contribution in [2.75, 3.05) is 6.61 Å². The van der Waals surface area contributed by atoms with E-state index in [1.807, 2.05) is 0 Å². The predicted octanol–water partition coefficient (Wildman–Crippen LogP) is 3.98. The molecule has 0 aliphatic heterocycles. The number of hydrogen-bond acceptors (Lipinski definition) is 4. The van der Waals surface area contributed by atoms with Crippen LogP contribution in [0.5, 0.6) is 5.75 Å². The van der Waals surface area contributed by atoms with Gasteiger partial charge in [-0.1, -0.05) is 13.8 Å². The van der Waals surface area contributed by atoms with E-state index in [2.05, 4.69) is 18.8 Å². The Balaban J connectivity index is 2.31. The van der Waals surface area contributed by atoms with Gasteiger partial charge in [0.2, 0.25) is 0 Å². The molecule has 0 atom stereocenters. The van der Waals surface area contributed by atoms with Crippen LogP contribution >= 0.6 is 10.7 Å². The molecule has 0 spiro atoms. The Morgan fingerprint density at radius 1 is 1.29 bits per heavy atom. The molecule has 1 aromatic heterocycles. The van der Waals surface area contributed by atoms with Crippen molar-refractivity contribution in [2.24, 2.45) is 5.92 Å². The van der Waals surface area contributed by atoms with Gasteiger partial charge in [0.25, 0.3) is 9.05 Å². The first-order chi connectivity index (χ1) is 9.89. The third-order valence-corrected chi connectivity index (χ3v) is 4.52. The monoisotopic (exact) mass is 327 g/mol. The quantitative estimate of drug-likeness (QED) is 0.595. The SMILES string of the molecule is CC(C)CCCOc1ccc(S(=O)(=O)Cl)c2cccnc12. The van der Waals surface area contributed by atoms with E-state index < -0.39 is 9.05 Å². The number of nitrogens with zero attached hydrogens (tertiary/aromatic N) is 1. The minimum atomic E-state index is -3.81. The predicted molar refractivity (Wildman–Crippen MR) is 84.3 cm³/mol. The minimum absolute atomic E-state index is 0.0572. The maximum absolute atomic E-state index is 11.6. The largest absolute Gasteiger partial charge is 0.491 e. The van der Waals surface area contributed by atoms with Crippen LogP contribution in [0.25, 0.3) is 10.9 Å². The van der Waals surface area contributed by atoms with Crippen molar-refractivity contribution >= 4 is 30.6 Å². The van der Waals surface area contributed by atoms with Gasteiger partial charge >= 0.3 is 0 Å². The number of aromatic nitrogens is 1. The molecule has 114 valence electrons. The molecular weight excluding hydrogens is 310 g/mol. The van der Waals surface area contributed by atoms with Gasteiger partial charge in [0, 0.05) is 22.3 Å². The summed E-state index contributed by atoms with van der Waals surface area (Å²) in [4.78, 5) is 4.28. The smallest absolute Gasteiger partial charge is 0.261 e. The molecule has 0 aliphatic carbocycles. The lowest BCUT2D eigenvalue weighted by atomic mass is 10.1. The van der Waals surface area contributed by atoms with Gasteiger partial charge in [-0.3, -0.25) is 4.98 Å². The lowest BCUT2D eigenvalue weighted by Gasteiger charge is -2.11. The molecule has 0 bridgehead atoms. The highest BCUT2D eigenvalue weighted by Gasteiger charge is 2.17. The van der Waals surface area contributed by atoms with Gasteiger partial charge in [0.15, 0.2) is 0 Å². The number of benzene rings is 1. The first-order valence-electron chi connectivity index (χ1n) is 6.85. The van der Waals surface area contributed by atoms with E-state index in [-0.39, 0.29) is 4.90 Å². The molecule has 2 aromatic rings. The van der Waals surface area contributed by atoms with Gasteiger partial charge in [-0.25, -0.2) is 8.42 Å². The van der Waals surface area contributed by atoms with Crippen LogP contribution in [0.1, 0.15) is 26.7 Å². The molecule has 0 aliphatic rings. The summed E-state index contributed by atoms with van der Waals surface area (Å²) >= 11 is 0. The van der Waals surface area contributed by atoms with Crippen LogP contribution in [0.2, 0.25) is 0 Å². The number of pyridine rings is 1. The number of hydrogen-bond donors (Lipinski definition) is 0. The standard InChI is InChI=1S/C15H18ClNO3S/c1-11(2)5-4-10-20-13-7-8-14(21(16,18)19)12-6-3-9-17-15(12)13/h3,6-9,11H,4-5,10H2,1-2H3. The summed E-state index contributed by atoms with van der Waals surface area (Å²) < 4.78 is 28.9. The summed E-state index contributed by atoms with van der Waals surface area (Å²) in [5, 5.41) is 0.480. The van der Waals surface area contributed by atoms with Crippen LogP contribution in [0, 0.1) is 5.92 Å². The molecule has 0 amide bonds. The highest BCUT2D eigenvalue weighted by molar-refractivity contribution is 8.14. The van der Waals surface area contributed by atoms with Crippen LogP contribution < -0.4 is 4.74 Å². The molecule has 21 heavy (non-hydrogen) atoms. The minimum Gasteiger partial charge on any atom is -0.491 e. The maximum Gasteiger partial charge on any atom is 0.261 e. The molecule has 0 fully saturated rings. The summed E-state index contributed by atoms with van der Waals surface area (Å²) in [5.74, 6) is 1.21. The average molecular weight is 328 g/mol. The fraction of sp³-hybridized carbons (Fsp3) is 0.400. The number of halogens is 1. The van der Waals surface area contributed by atoms with Crippen LogP contribution in [-0.2, 0) is 9.05 Å². The fourth-order valence-electron chi connectivity index (χ4n) is 2.12. The van der Waals surface area contributed by atoms with Crippen molar-refractivity contribution in [3.63, 3.8) is 0 Å². The molecule has 2 rings (SSSR count). The molecular formula is C15H18ClNO3S. The first-order valence-corrected chi connectivity index (χ1v) is 9.15. The average Bonchev–Trinajstić information content (AvgIpc) is 2.42. The molecule has 0 saturated heterocycles. The zero-order valence-corrected chi connectivity index (χ0v) is 13.6. The topological polar surface area (TPSA) is 56.3 Å². The van der Waals surface area contributed by atoms with Crippen LogP contribution in [0.3, 0.4) is 0 Å². The number of ether oxygens (including phenoxy) is 1. The normalized spacial score (nSPS) is 12.0. The molecule has 1 heterocycles. The first kappa shape index (κ1) is 16.0. The molecule has 0 unspecified atom stereocenters. The lowest BCUT2D eigenvalue weighted by molar-refractivity contribution is 0.300. The fourth-order valence-corrected chi connectivity index (χ4v) is 3.19. The van der Waals surface area contributed by atoms with Gasteiger partial charge in [-0.2, -0.15) is 0 Å². The summed E-state index contributed by atoms with van der Waals surface area (Å²) in [6.07, 6.45) is 3.63. The summed E-state index contributed by atoms with van der Waals surface area (Å²) in [5.41, 5.74) is 0.517. The second-order valence-corrected chi connectivity index (χ2v) is 7.82. The Morgan fingerprint density at radius 2 is 2.05 bits per heavy atom. The second-order valence-electron chi connectivity index (χ2n) is 5.28. The van der Waals surface area contributed by atoms with Gasteiger partial charge in [0.1, 0.15) is 11.3 Å². The van der Waals surface area contributed by atoms with Crippen molar-refractivity contribution < 1.29 is 13.2 Å². The van der Waals surface area contributed by atoms with Crippen LogP contribution in [-0.4, -0.2) is 20.0 Å². The lowest BCUT2D eigenvalue weighted by Crippen LogP contribution is -2.02. The van der Waals surface area contributed by atoms with E-state index >= 15 is 0 Å². The van der Waals surface area contributed by atoms with E-state index in [1.54, 1.807) is 24.4 Å². The van der Waals surface area contributed by atoms with E-state index in [0.29, 0.717) is 29.2 Å². The molecule has 1 aromatic carbocycles. The number of rotatable bonds is 6. The summed E-state index contributed by atoms with van der Waals surface area (Å²) in [7, 11) is 1.65. The maximum atomic E-state index is 11.6. The molecule has 0 saturated carbocycles. The summed E-state index contributed by atoms with van der Waals surface area (Å²) in [6, 6.07) is 6.43. The van der Waals surface area contributed by atoms with Crippen LogP contribution in [0.4, 0.5) is 0 Å². The highest BCUT2D eigenvalue weighted by Crippen LogP contribution is 2.31. The Morgan fingerprint density at radius 3 is 2.71 bits per heavy atom. The van der Waals surface area contributed by atoms with E-state index in [9.17, 15) is 8.42 Å². The highest BCUT2D eigenvalue weighted by atomic mass is 35.7. The number of fused-ring (bicyclic) bond motifs is 1. The van der Waals surface area contributed by atoms with E-state index in [4.69, 9.17) is 15.4 Å². The van der Waals surface area contributed by atoms with E-state index in [0.717, 1.165) is 12.8 Å². The Labute approximate surface area is 129 Å². The molecule has 6 heteroatoms. The van der Waals surface area contributed by atoms with Crippen molar-refractivity contribution in [1.82, 2.24) is 4.98 Å². The van der Waals surface area contributed by atoms with Gasteiger partial charge in [0.05, 0.1) is 11.5 Å².